The molecule has 0 bridgehead atoms. The third-order valence-electron chi connectivity index (χ3n) is 4.68. The Morgan fingerprint density at radius 3 is 2.81 bits per heavy atom. The highest BCUT2D eigenvalue weighted by molar-refractivity contribution is 8.00. The number of hydrogen-bond donors (Lipinski definition) is 1. The summed E-state index contributed by atoms with van der Waals surface area (Å²) in [5.41, 5.74) is 6.46. The highest BCUT2D eigenvalue weighted by Crippen LogP contribution is 2.42. The van der Waals surface area contributed by atoms with Gasteiger partial charge in [-0.2, -0.15) is 11.8 Å². The van der Waals surface area contributed by atoms with Gasteiger partial charge in [-0.15, -0.1) is 0 Å². The van der Waals surface area contributed by atoms with Gasteiger partial charge in [0.1, 0.15) is 0 Å². The van der Waals surface area contributed by atoms with Crippen molar-refractivity contribution in [2.75, 3.05) is 18.8 Å². The topological polar surface area (TPSA) is 29.3 Å². The summed E-state index contributed by atoms with van der Waals surface area (Å²) in [6, 6.07) is 0.790. The Balaban J connectivity index is 2.18. The second kappa shape index (κ2) is 5.28. The highest BCUT2D eigenvalue weighted by atomic mass is 32.2. The van der Waals surface area contributed by atoms with Gasteiger partial charge in [-0.25, -0.2) is 0 Å². The molecular formula is C13H26N2S. The van der Waals surface area contributed by atoms with Crippen LogP contribution in [-0.4, -0.2) is 40.6 Å². The predicted octanol–water partition coefficient (Wildman–Crippen LogP) is 2.47. The second-order valence-corrected chi connectivity index (χ2v) is 6.77. The average molecular weight is 242 g/mol. The van der Waals surface area contributed by atoms with Crippen LogP contribution in [0.25, 0.3) is 0 Å². The lowest BCUT2D eigenvalue weighted by Gasteiger charge is -2.49. The largest absolute Gasteiger partial charge is 0.329 e. The summed E-state index contributed by atoms with van der Waals surface area (Å²) >= 11 is 2.11. The minimum Gasteiger partial charge on any atom is -0.329 e. The molecular weight excluding hydrogens is 216 g/mol. The van der Waals surface area contributed by atoms with Crippen molar-refractivity contribution in [2.24, 2.45) is 5.73 Å². The van der Waals surface area contributed by atoms with Crippen LogP contribution in [0.2, 0.25) is 0 Å². The summed E-state index contributed by atoms with van der Waals surface area (Å²) in [7, 11) is 0. The van der Waals surface area contributed by atoms with Crippen molar-refractivity contribution in [2.45, 2.75) is 62.8 Å². The molecule has 3 heteroatoms. The van der Waals surface area contributed by atoms with E-state index in [1.54, 1.807) is 0 Å². The van der Waals surface area contributed by atoms with Crippen LogP contribution in [0, 0.1) is 0 Å². The summed E-state index contributed by atoms with van der Waals surface area (Å²) in [5, 5.41) is 0.713. The van der Waals surface area contributed by atoms with Crippen LogP contribution in [0.3, 0.4) is 0 Å². The zero-order chi connectivity index (χ0) is 11.6. The Bertz CT molecular complexity index is 234. The molecule has 2 heterocycles. The lowest BCUT2D eigenvalue weighted by Crippen LogP contribution is -2.62. The minimum atomic E-state index is 0.311. The van der Waals surface area contributed by atoms with E-state index in [1.165, 1.54) is 44.4 Å². The quantitative estimate of drug-likeness (QED) is 0.824. The van der Waals surface area contributed by atoms with Crippen LogP contribution in [0.5, 0.6) is 0 Å². The first-order valence-electron chi connectivity index (χ1n) is 6.83. The van der Waals surface area contributed by atoms with Gasteiger partial charge in [0.05, 0.1) is 0 Å². The van der Waals surface area contributed by atoms with Crippen molar-refractivity contribution >= 4 is 11.8 Å². The molecule has 0 aliphatic carbocycles. The van der Waals surface area contributed by atoms with Gasteiger partial charge >= 0.3 is 0 Å². The first-order chi connectivity index (χ1) is 7.74. The van der Waals surface area contributed by atoms with Crippen LogP contribution < -0.4 is 5.73 Å². The molecule has 2 N–H and O–H groups in total. The summed E-state index contributed by atoms with van der Waals surface area (Å²) in [6.45, 7) is 6.84. The molecule has 2 rings (SSSR count). The fourth-order valence-electron chi connectivity index (χ4n) is 3.54. The fourth-order valence-corrected chi connectivity index (χ4v) is 5.03. The summed E-state index contributed by atoms with van der Waals surface area (Å²) in [6.07, 6.45) is 6.76. The van der Waals surface area contributed by atoms with E-state index in [2.05, 4.69) is 30.5 Å². The van der Waals surface area contributed by atoms with Crippen molar-refractivity contribution in [3.8, 4) is 0 Å². The number of piperidine rings is 1. The van der Waals surface area contributed by atoms with Gasteiger partial charge in [0.15, 0.2) is 0 Å². The summed E-state index contributed by atoms with van der Waals surface area (Å²) in [4.78, 5) is 2.78. The Labute approximate surface area is 104 Å². The van der Waals surface area contributed by atoms with E-state index < -0.39 is 0 Å². The Kier molecular flexibility index (Phi) is 4.20. The summed E-state index contributed by atoms with van der Waals surface area (Å²) < 4.78 is 0. The average Bonchev–Trinajstić information content (AvgIpc) is 2.71. The molecule has 0 aromatic carbocycles. The molecule has 0 radical (unpaired) electrons. The first kappa shape index (κ1) is 12.7. The van der Waals surface area contributed by atoms with Gasteiger partial charge < -0.3 is 5.73 Å². The Morgan fingerprint density at radius 2 is 2.25 bits per heavy atom. The van der Waals surface area contributed by atoms with Gasteiger partial charge in [-0.1, -0.05) is 20.3 Å². The molecule has 2 aliphatic heterocycles. The molecule has 0 spiro atoms. The van der Waals surface area contributed by atoms with E-state index in [4.69, 9.17) is 5.73 Å². The third kappa shape index (κ3) is 2.02. The number of rotatable bonds is 3. The molecule has 0 saturated carbocycles. The predicted molar refractivity (Wildman–Crippen MR) is 73.0 cm³/mol. The molecule has 0 amide bonds. The van der Waals surface area contributed by atoms with Crippen molar-refractivity contribution in [3.63, 3.8) is 0 Å². The number of thioether (sulfide) groups is 1. The normalized spacial score (nSPS) is 41.4. The number of hydrogen-bond acceptors (Lipinski definition) is 3. The van der Waals surface area contributed by atoms with Crippen molar-refractivity contribution < 1.29 is 0 Å². The molecule has 2 fully saturated rings. The van der Waals surface area contributed by atoms with Crippen molar-refractivity contribution in [1.29, 1.82) is 0 Å². The number of nitrogens with zero attached hydrogens (tertiary/aromatic N) is 1. The molecule has 94 valence electrons. The van der Waals surface area contributed by atoms with Gasteiger partial charge in [-0.05, 0) is 38.0 Å². The molecule has 2 saturated heterocycles. The lowest BCUT2D eigenvalue weighted by molar-refractivity contribution is 0.0230. The zero-order valence-corrected chi connectivity index (χ0v) is 11.6. The van der Waals surface area contributed by atoms with E-state index in [9.17, 15) is 0 Å². The molecule has 2 aliphatic rings. The SMILES string of the molecule is CCC1CCCCN1C1(CN)CCSC1C. The van der Waals surface area contributed by atoms with E-state index in [0.29, 0.717) is 10.8 Å². The highest BCUT2D eigenvalue weighted by Gasteiger charge is 2.47. The smallest absolute Gasteiger partial charge is 0.0458 e. The van der Waals surface area contributed by atoms with Gasteiger partial charge in [0.25, 0.3) is 0 Å². The molecule has 0 aromatic rings. The van der Waals surface area contributed by atoms with Gasteiger partial charge in [-0.3, -0.25) is 4.90 Å². The van der Waals surface area contributed by atoms with Crippen LogP contribution >= 0.6 is 11.8 Å². The van der Waals surface area contributed by atoms with E-state index in [1.807, 2.05) is 0 Å². The maximum absolute atomic E-state index is 6.15. The maximum Gasteiger partial charge on any atom is 0.0458 e. The lowest BCUT2D eigenvalue weighted by atomic mass is 9.85. The van der Waals surface area contributed by atoms with Crippen LogP contribution in [0.1, 0.15) is 46.0 Å². The van der Waals surface area contributed by atoms with Gasteiger partial charge in [0, 0.05) is 23.4 Å². The van der Waals surface area contributed by atoms with E-state index >= 15 is 0 Å². The number of likely N-dealkylation sites (tertiary alicyclic amines) is 1. The van der Waals surface area contributed by atoms with Crippen molar-refractivity contribution in [1.82, 2.24) is 4.90 Å². The van der Waals surface area contributed by atoms with Crippen LogP contribution in [0.4, 0.5) is 0 Å². The second-order valence-electron chi connectivity index (χ2n) is 5.32. The number of nitrogens with two attached hydrogens (primary N) is 1. The third-order valence-corrected chi connectivity index (χ3v) is 6.06. The molecule has 16 heavy (non-hydrogen) atoms. The van der Waals surface area contributed by atoms with Crippen molar-refractivity contribution in [3.05, 3.63) is 0 Å². The van der Waals surface area contributed by atoms with E-state index in [0.717, 1.165) is 12.6 Å². The van der Waals surface area contributed by atoms with Gasteiger partial charge in [0.2, 0.25) is 0 Å². The molecule has 2 nitrogen and oxygen atoms in total. The minimum absolute atomic E-state index is 0.311. The maximum atomic E-state index is 6.15. The Morgan fingerprint density at radius 1 is 1.44 bits per heavy atom. The first-order valence-corrected chi connectivity index (χ1v) is 7.88. The Hall–Kier alpha value is 0.270. The monoisotopic (exact) mass is 242 g/mol. The molecule has 3 atom stereocenters. The standard InChI is InChI=1S/C13H26N2S/c1-3-12-6-4-5-8-15(12)13(10-14)7-9-16-11(13)2/h11-12H,3-10,14H2,1-2H3. The molecule has 3 unspecified atom stereocenters. The fraction of sp³-hybridized carbons (Fsp3) is 1.00. The summed E-state index contributed by atoms with van der Waals surface area (Å²) in [5.74, 6) is 1.30. The zero-order valence-electron chi connectivity index (χ0n) is 10.7. The van der Waals surface area contributed by atoms with Crippen LogP contribution in [-0.2, 0) is 0 Å². The van der Waals surface area contributed by atoms with Crippen LogP contribution in [0.15, 0.2) is 0 Å². The molecule has 0 aromatic heterocycles. The van der Waals surface area contributed by atoms with E-state index in [-0.39, 0.29) is 0 Å².